The second-order valence-corrected chi connectivity index (χ2v) is 6.26. The number of rotatable bonds is 3. The van der Waals surface area contributed by atoms with E-state index in [1.54, 1.807) is 12.1 Å². The van der Waals surface area contributed by atoms with E-state index in [1.165, 1.54) is 0 Å². The van der Waals surface area contributed by atoms with Crippen LogP contribution in [-0.2, 0) is 4.79 Å². The maximum Gasteiger partial charge on any atom is 0.260 e. The largest absolute Gasteiger partial charge is 0.482 e. The molecule has 1 aromatic rings. The van der Waals surface area contributed by atoms with Gasteiger partial charge in [0.2, 0.25) is 0 Å². The molecular weight excluding hydrogens is 379 g/mol. The molecule has 0 spiro atoms. The molecule has 1 aliphatic rings. The molecule has 0 aromatic heterocycles. The Bertz CT molecular complexity index is 502. The zero-order valence-corrected chi connectivity index (χ0v) is 15.1. The number of benzene rings is 1. The summed E-state index contributed by atoms with van der Waals surface area (Å²) in [5, 5.41) is 3.84. The summed E-state index contributed by atoms with van der Waals surface area (Å²) in [6.45, 7) is 5.66. The smallest absolute Gasteiger partial charge is 0.260 e. The summed E-state index contributed by atoms with van der Waals surface area (Å²) in [5.74, 6) is 0.517. The van der Waals surface area contributed by atoms with Crippen LogP contribution in [0, 0.1) is 0 Å². The van der Waals surface area contributed by atoms with Crippen molar-refractivity contribution in [3.05, 3.63) is 27.7 Å². The number of carbonyl (C=O) groups is 1. The number of hydrogen-bond acceptors (Lipinski definition) is 3. The summed E-state index contributed by atoms with van der Waals surface area (Å²) in [5.41, 5.74) is 0. The van der Waals surface area contributed by atoms with E-state index in [4.69, 9.17) is 16.3 Å². The monoisotopic (exact) mass is 396 g/mol. The van der Waals surface area contributed by atoms with Crippen molar-refractivity contribution >= 4 is 45.8 Å². The van der Waals surface area contributed by atoms with E-state index in [9.17, 15) is 4.79 Å². The van der Waals surface area contributed by atoms with Crippen LogP contribution in [0.1, 0.15) is 13.8 Å². The van der Waals surface area contributed by atoms with Crippen molar-refractivity contribution in [2.75, 3.05) is 19.7 Å². The number of halogens is 3. The Balaban J connectivity index is 0.00000220. The first kappa shape index (κ1) is 18.6. The lowest BCUT2D eigenvalue weighted by Gasteiger charge is -2.38. The molecule has 1 amide bonds. The lowest BCUT2D eigenvalue weighted by atomic mass is 10.1. The Hall–Kier alpha value is -0.490. The van der Waals surface area contributed by atoms with Crippen molar-refractivity contribution in [1.82, 2.24) is 10.2 Å². The molecule has 0 aliphatic carbocycles. The van der Waals surface area contributed by atoms with Crippen LogP contribution in [0.3, 0.4) is 0 Å². The quantitative estimate of drug-likeness (QED) is 0.851. The summed E-state index contributed by atoms with van der Waals surface area (Å²) in [7, 11) is 0. The van der Waals surface area contributed by atoms with Crippen LogP contribution in [0.5, 0.6) is 5.75 Å². The average molecular weight is 398 g/mol. The Labute approximate surface area is 144 Å². The third kappa shape index (κ3) is 4.74. The molecule has 0 bridgehead atoms. The van der Waals surface area contributed by atoms with Gasteiger partial charge in [-0.3, -0.25) is 4.79 Å². The van der Waals surface area contributed by atoms with Crippen LogP contribution in [0.4, 0.5) is 0 Å². The summed E-state index contributed by atoms with van der Waals surface area (Å²) in [6.07, 6.45) is 0. The first-order valence-corrected chi connectivity index (χ1v) is 7.77. The molecule has 1 saturated heterocycles. The lowest BCUT2D eigenvalue weighted by molar-refractivity contribution is -0.137. The second-order valence-electron chi connectivity index (χ2n) is 4.93. The number of carbonyl (C=O) groups excluding carboxylic acids is 1. The Morgan fingerprint density at radius 3 is 2.90 bits per heavy atom. The van der Waals surface area contributed by atoms with Crippen molar-refractivity contribution in [3.63, 3.8) is 0 Å². The molecule has 118 valence electrons. The Morgan fingerprint density at radius 1 is 1.52 bits per heavy atom. The maximum atomic E-state index is 12.2. The van der Waals surface area contributed by atoms with Crippen molar-refractivity contribution in [1.29, 1.82) is 0 Å². The van der Waals surface area contributed by atoms with Crippen LogP contribution < -0.4 is 10.1 Å². The number of nitrogens with zero attached hydrogens (tertiary/aromatic N) is 1. The van der Waals surface area contributed by atoms with Gasteiger partial charge in [0.05, 0.1) is 5.02 Å². The van der Waals surface area contributed by atoms with Crippen LogP contribution >= 0.6 is 39.9 Å². The van der Waals surface area contributed by atoms with Crippen LogP contribution in [0.2, 0.25) is 5.02 Å². The van der Waals surface area contributed by atoms with Crippen molar-refractivity contribution in [2.45, 2.75) is 25.9 Å². The van der Waals surface area contributed by atoms with E-state index in [2.05, 4.69) is 28.2 Å². The molecule has 0 radical (unpaired) electrons. The van der Waals surface area contributed by atoms with Gasteiger partial charge in [0.25, 0.3) is 5.91 Å². The predicted octanol–water partition coefficient (Wildman–Crippen LogP) is 3.11. The van der Waals surface area contributed by atoms with Gasteiger partial charge in [-0.05, 0) is 32.0 Å². The third-order valence-corrected chi connectivity index (χ3v) is 4.39. The minimum absolute atomic E-state index is 0. The Kier molecular flexibility index (Phi) is 7.27. The van der Waals surface area contributed by atoms with Crippen LogP contribution in [-0.4, -0.2) is 42.6 Å². The van der Waals surface area contributed by atoms with E-state index in [-0.39, 0.29) is 31.0 Å². The lowest BCUT2D eigenvalue weighted by Crippen LogP contribution is -2.58. The highest BCUT2D eigenvalue weighted by Crippen LogP contribution is 2.27. The highest BCUT2D eigenvalue weighted by Gasteiger charge is 2.28. The van der Waals surface area contributed by atoms with Gasteiger partial charge in [-0.1, -0.05) is 27.5 Å². The van der Waals surface area contributed by atoms with Crippen molar-refractivity contribution in [3.8, 4) is 5.75 Å². The third-order valence-electron chi connectivity index (χ3n) is 3.60. The second kappa shape index (κ2) is 8.22. The molecule has 1 fully saturated rings. The zero-order chi connectivity index (χ0) is 14.7. The number of amides is 1. The summed E-state index contributed by atoms with van der Waals surface area (Å²) < 4.78 is 6.41. The minimum atomic E-state index is -0.00941. The predicted molar refractivity (Wildman–Crippen MR) is 90.5 cm³/mol. The number of nitrogens with one attached hydrogen (secondary N) is 1. The first-order valence-electron chi connectivity index (χ1n) is 6.59. The molecule has 1 aromatic carbocycles. The van der Waals surface area contributed by atoms with Crippen LogP contribution in [0.25, 0.3) is 0 Å². The van der Waals surface area contributed by atoms with Gasteiger partial charge in [-0.2, -0.15) is 0 Å². The highest BCUT2D eigenvalue weighted by atomic mass is 79.9. The van der Waals surface area contributed by atoms with Crippen molar-refractivity contribution < 1.29 is 9.53 Å². The molecular formula is C14H19BrCl2N2O2. The molecule has 2 rings (SSSR count). The van der Waals surface area contributed by atoms with Gasteiger partial charge < -0.3 is 15.0 Å². The summed E-state index contributed by atoms with van der Waals surface area (Å²) >= 11 is 9.39. The van der Waals surface area contributed by atoms with E-state index in [0.29, 0.717) is 23.4 Å². The average Bonchev–Trinajstić information content (AvgIpc) is 2.40. The minimum Gasteiger partial charge on any atom is -0.482 e. The molecule has 2 atom stereocenters. The molecule has 1 heterocycles. The summed E-state index contributed by atoms with van der Waals surface area (Å²) in [4.78, 5) is 14.1. The van der Waals surface area contributed by atoms with Gasteiger partial charge >= 0.3 is 0 Å². The molecule has 4 nitrogen and oxygen atoms in total. The molecule has 1 aliphatic heterocycles. The van der Waals surface area contributed by atoms with Gasteiger partial charge in [0, 0.05) is 29.6 Å². The van der Waals surface area contributed by atoms with E-state index < -0.39 is 0 Å². The molecule has 1 N–H and O–H groups in total. The number of piperazine rings is 1. The molecule has 7 heteroatoms. The van der Waals surface area contributed by atoms with Crippen LogP contribution in [0.15, 0.2) is 22.7 Å². The topological polar surface area (TPSA) is 41.6 Å². The molecule has 2 unspecified atom stereocenters. The number of ether oxygens (including phenoxy) is 1. The van der Waals surface area contributed by atoms with Gasteiger partial charge in [-0.15, -0.1) is 12.4 Å². The van der Waals surface area contributed by atoms with Crippen molar-refractivity contribution in [2.24, 2.45) is 0 Å². The zero-order valence-electron chi connectivity index (χ0n) is 11.9. The molecule has 0 saturated carbocycles. The van der Waals surface area contributed by atoms with Gasteiger partial charge in [0.15, 0.2) is 6.61 Å². The summed E-state index contributed by atoms with van der Waals surface area (Å²) in [6, 6.07) is 5.80. The standard InChI is InChI=1S/C14H18BrClN2O2.ClH/c1-9-10(2)18(6-5-17-9)14(19)8-20-13-4-3-11(15)7-12(13)16;/h3-4,7,9-10,17H,5-6,8H2,1-2H3;1H. The highest BCUT2D eigenvalue weighted by molar-refractivity contribution is 9.10. The van der Waals surface area contributed by atoms with E-state index in [0.717, 1.165) is 11.0 Å². The fourth-order valence-corrected chi connectivity index (χ4v) is 2.95. The van der Waals surface area contributed by atoms with Gasteiger partial charge in [-0.25, -0.2) is 0 Å². The normalized spacial score (nSPS) is 21.6. The maximum absolute atomic E-state index is 12.2. The fourth-order valence-electron chi connectivity index (χ4n) is 2.22. The number of hydrogen-bond donors (Lipinski definition) is 1. The van der Waals surface area contributed by atoms with E-state index in [1.807, 2.05) is 17.9 Å². The fraction of sp³-hybridized carbons (Fsp3) is 0.500. The molecule has 21 heavy (non-hydrogen) atoms. The Morgan fingerprint density at radius 2 is 2.24 bits per heavy atom. The SMILES string of the molecule is CC1NCCN(C(=O)COc2ccc(Br)cc2Cl)C1C.Cl. The first-order chi connectivity index (χ1) is 9.49. The van der Waals surface area contributed by atoms with E-state index >= 15 is 0 Å². The van der Waals surface area contributed by atoms with Gasteiger partial charge in [0.1, 0.15) is 5.75 Å².